The molecule has 1 fully saturated rings. The van der Waals surface area contributed by atoms with Gasteiger partial charge in [0.05, 0.1) is 10.00 Å². The topological polar surface area (TPSA) is 34.1 Å². The summed E-state index contributed by atoms with van der Waals surface area (Å²) in [6.45, 7) is 5.70. The molecule has 1 aromatic rings. The number of benzene rings is 1. The average molecular weight is 238 g/mol. The molecule has 1 aromatic carbocycles. The van der Waals surface area contributed by atoms with E-state index >= 15 is 0 Å². The molecule has 2 unspecified atom stereocenters. The van der Waals surface area contributed by atoms with Crippen LogP contribution in [0.5, 0.6) is 0 Å². The van der Waals surface area contributed by atoms with Crippen LogP contribution in [0.4, 0.5) is 0 Å². The Morgan fingerprint density at radius 2 is 1.75 bits per heavy atom. The summed E-state index contributed by atoms with van der Waals surface area (Å²) in [6.07, 6.45) is 0.745. The van der Waals surface area contributed by atoms with Crippen molar-refractivity contribution in [1.82, 2.24) is 0 Å². The normalized spacial score (nSPS) is 31.4. The van der Waals surface area contributed by atoms with E-state index in [1.165, 1.54) is 0 Å². The highest BCUT2D eigenvalue weighted by Crippen LogP contribution is 2.49. The predicted octanol–water partition coefficient (Wildman–Crippen LogP) is 2.96. The van der Waals surface area contributed by atoms with E-state index in [2.05, 4.69) is 0 Å². The Hall–Kier alpha value is -0.830. The van der Waals surface area contributed by atoms with Crippen LogP contribution in [0.15, 0.2) is 30.3 Å². The van der Waals surface area contributed by atoms with Gasteiger partial charge in [-0.1, -0.05) is 37.3 Å². The smallest absolute Gasteiger partial charge is 0.162 e. The highest BCUT2D eigenvalue weighted by Gasteiger charge is 2.51. The maximum Gasteiger partial charge on any atom is 0.162 e. The molecule has 0 amide bonds. The molecule has 0 bridgehead atoms. The summed E-state index contributed by atoms with van der Waals surface area (Å²) in [5.74, 6) is 0.197. The van der Waals surface area contributed by atoms with Crippen LogP contribution in [-0.2, 0) is 9.84 Å². The molecular weight excluding hydrogens is 220 g/mol. The Kier molecular flexibility index (Phi) is 2.61. The summed E-state index contributed by atoms with van der Waals surface area (Å²) >= 11 is 0. The molecule has 0 saturated carbocycles. The van der Waals surface area contributed by atoms with Gasteiger partial charge in [0.2, 0.25) is 0 Å². The largest absolute Gasteiger partial charge is 0.228 e. The molecule has 3 heteroatoms. The summed E-state index contributed by atoms with van der Waals surface area (Å²) in [7, 11) is -3.07. The van der Waals surface area contributed by atoms with Crippen molar-refractivity contribution in [3.63, 3.8) is 0 Å². The van der Waals surface area contributed by atoms with Gasteiger partial charge in [-0.15, -0.1) is 0 Å². The lowest BCUT2D eigenvalue weighted by atomic mass is 9.93. The standard InChI is InChI=1S/C13H18O2S/c1-10-9-13(2,3)16(14,15)12(10)11-7-5-4-6-8-11/h4-8,10,12H,9H2,1-3H3. The zero-order valence-electron chi connectivity index (χ0n) is 9.97. The number of rotatable bonds is 1. The Bertz CT molecular complexity index is 474. The molecule has 0 aliphatic carbocycles. The van der Waals surface area contributed by atoms with E-state index in [0.29, 0.717) is 0 Å². The lowest BCUT2D eigenvalue weighted by Crippen LogP contribution is -2.27. The van der Waals surface area contributed by atoms with Gasteiger partial charge in [0.15, 0.2) is 9.84 Å². The first-order valence-electron chi connectivity index (χ1n) is 5.65. The lowest BCUT2D eigenvalue weighted by Gasteiger charge is -2.19. The number of hydrogen-bond acceptors (Lipinski definition) is 2. The van der Waals surface area contributed by atoms with E-state index in [0.717, 1.165) is 12.0 Å². The van der Waals surface area contributed by atoms with Crippen molar-refractivity contribution in [3.8, 4) is 0 Å². The molecule has 1 aliphatic heterocycles. The van der Waals surface area contributed by atoms with Gasteiger partial charge < -0.3 is 0 Å². The summed E-state index contributed by atoms with van der Waals surface area (Å²) < 4.78 is 24.3. The molecule has 2 rings (SSSR count). The monoisotopic (exact) mass is 238 g/mol. The van der Waals surface area contributed by atoms with Crippen LogP contribution >= 0.6 is 0 Å². The average Bonchev–Trinajstić information content (AvgIpc) is 2.33. The first-order chi connectivity index (χ1) is 7.36. The predicted molar refractivity (Wildman–Crippen MR) is 66.0 cm³/mol. The summed E-state index contributed by atoms with van der Waals surface area (Å²) in [4.78, 5) is 0. The van der Waals surface area contributed by atoms with Crippen molar-refractivity contribution in [3.05, 3.63) is 35.9 Å². The van der Waals surface area contributed by atoms with Gasteiger partial charge in [-0.25, -0.2) is 8.42 Å². The minimum Gasteiger partial charge on any atom is -0.228 e. The zero-order chi connectivity index (χ0) is 12.0. The van der Waals surface area contributed by atoms with Gasteiger partial charge in [0, 0.05) is 0 Å². The van der Waals surface area contributed by atoms with Gasteiger partial charge in [-0.05, 0) is 31.7 Å². The first kappa shape index (κ1) is 11.6. The Balaban J connectivity index is 2.51. The van der Waals surface area contributed by atoms with Gasteiger partial charge >= 0.3 is 0 Å². The molecule has 0 aromatic heterocycles. The Morgan fingerprint density at radius 1 is 1.19 bits per heavy atom. The molecular formula is C13H18O2S. The third-order valence-electron chi connectivity index (χ3n) is 3.56. The van der Waals surface area contributed by atoms with Crippen LogP contribution in [0, 0.1) is 5.92 Å². The van der Waals surface area contributed by atoms with Crippen LogP contribution in [0.2, 0.25) is 0 Å². The van der Waals surface area contributed by atoms with Crippen molar-refractivity contribution in [2.24, 2.45) is 5.92 Å². The Morgan fingerprint density at radius 3 is 2.19 bits per heavy atom. The molecule has 1 saturated heterocycles. The maximum atomic E-state index is 12.4. The van der Waals surface area contributed by atoms with Gasteiger partial charge in [-0.3, -0.25) is 0 Å². The highest BCUT2D eigenvalue weighted by atomic mass is 32.2. The molecule has 88 valence electrons. The minimum atomic E-state index is -3.07. The van der Waals surface area contributed by atoms with Gasteiger partial charge in [-0.2, -0.15) is 0 Å². The summed E-state index contributed by atoms with van der Waals surface area (Å²) in [6, 6.07) is 9.56. The fourth-order valence-electron chi connectivity index (χ4n) is 2.80. The molecule has 1 aliphatic rings. The van der Waals surface area contributed by atoms with E-state index in [1.807, 2.05) is 51.1 Å². The molecule has 1 heterocycles. The molecule has 16 heavy (non-hydrogen) atoms. The number of hydrogen-bond donors (Lipinski definition) is 0. The second-order valence-electron chi connectivity index (χ2n) is 5.32. The van der Waals surface area contributed by atoms with Crippen LogP contribution in [-0.4, -0.2) is 13.2 Å². The zero-order valence-corrected chi connectivity index (χ0v) is 10.8. The van der Waals surface area contributed by atoms with Gasteiger partial charge in [0.1, 0.15) is 0 Å². The fraction of sp³-hybridized carbons (Fsp3) is 0.538. The molecule has 2 nitrogen and oxygen atoms in total. The fourth-order valence-corrected chi connectivity index (χ4v) is 5.20. The van der Waals surface area contributed by atoms with Crippen molar-refractivity contribution in [2.45, 2.75) is 37.2 Å². The van der Waals surface area contributed by atoms with Crippen molar-refractivity contribution < 1.29 is 8.42 Å². The van der Waals surface area contributed by atoms with Crippen molar-refractivity contribution >= 4 is 9.84 Å². The van der Waals surface area contributed by atoms with E-state index in [4.69, 9.17) is 0 Å². The Labute approximate surface area is 97.6 Å². The lowest BCUT2D eigenvalue weighted by molar-refractivity contribution is 0.499. The maximum absolute atomic E-state index is 12.4. The molecule has 0 spiro atoms. The van der Waals surface area contributed by atoms with Gasteiger partial charge in [0.25, 0.3) is 0 Å². The third-order valence-corrected chi connectivity index (χ3v) is 6.68. The van der Waals surface area contributed by atoms with E-state index < -0.39 is 14.6 Å². The van der Waals surface area contributed by atoms with Crippen LogP contribution in [0.25, 0.3) is 0 Å². The van der Waals surface area contributed by atoms with E-state index in [1.54, 1.807) is 0 Å². The number of sulfone groups is 1. The second-order valence-corrected chi connectivity index (χ2v) is 8.02. The van der Waals surface area contributed by atoms with Crippen LogP contribution in [0.3, 0.4) is 0 Å². The first-order valence-corrected chi connectivity index (χ1v) is 7.19. The second kappa shape index (κ2) is 3.59. The SMILES string of the molecule is CC1CC(C)(C)S(=O)(=O)C1c1ccccc1. The molecule has 0 N–H and O–H groups in total. The van der Waals surface area contributed by atoms with E-state index in [-0.39, 0.29) is 11.2 Å². The van der Waals surface area contributed by atoms with Crippen LogP contribution < -0.4 is 0 Å². The van der Waals surface area contributed by atoms with Crippen LogP contribution in [0.1, 0.15) is 38.0 Å². The molecule has 2 atom stereocenters. The highest BCUT2D eigenvalue weighted by molar-refractivity contribution is 7.93. The minimum absolute atomic E-state index is 0.197. The summed E-state index contributed by atoms with van der Waals surface area (Å²) in [5, 5.41) is -0.330. The van der Waals surface area contributed by atoms with E-state index in [9.17, 15) is 8.42 Å². The summed E-state index contributed by atoms with van der Waals surface area (Å²) in [5.41, 5.74) is 0.931. The van der Waals surface area contributed by atoms with Crippen molar-refractivity contribution in [2.75, 3.05) is 0 Å². The van der Waals surface area contributed by atoms with Crippen molar-refractivity contribution in [1.29, 1.82) is 0 Å². The molecule has 0 radical (unpaired) electrons. The quantitative estimate of drug-likeness (QED) is 0.753. The third kappa shape index (κ3) is 1.58.